The van der Waals surface area contributed by atoms with Crippen molar-refractivity contribution in [2.45, 2.75) is 25.4 Å². The molecule has 1 aliphatic rings. The third-order valence-corrected chi connectivity index (χ3v) is 3.19. The zero-order valence-electron chi connectivity index (χ0n) is 8.31. The van der Waals surface area contributed by atoms with Crippen molar-refractivity contribution in [2.24, 2.45) is 10.7 Å². The molecule has 0 unspecified atom stereocenters. The van der Waals surface area contributed by atoms with Gasteiger partial charge >= 0.3 is 0 Å². The molecule has 1 aliphatic carbocycles. The van der Waals surface area contributed by atoms with Crippen LogP contribution in [0.5, 0.6) is 0 Å². The van der Waals surface area contributed by atoms with E-state index in [2.05, 4.69) is 26.7 Å². The molecule has 1 heterocycles. The second-order valence-electron chi connectivity index (χ2n) is 3.65. The number of guanidine groups is 1. The van der Waals surface area contributed by atoms with Crippen LogP contribution in [0.1, 0.15) is 18.4 Å². The fourth-order valence-electron chi connectivity index (χ4n) is 1.32. The fraction of sp³-hybridized carbons (Fsp3) is 0.500. The molecule has 1 aromatic rings. The van der Waals surface area contributed by atoms with Crippen molar-refractivity contribution in [3.63, 3.8) is 0 Å². The minimum atomic E-state index is 0.640. The zero-order chi connectivity index (χ0) is 9.97. The molecule has 0 saturated heterocycles. The number of hydrogen-bond acceptors (Lipinski definition) is 2. The molecular formula is C10H15N3S. The van der Waals surface area contributed by atoms with Crippen LogP contribution in [-0.2, 0) is 6.54 Å². The molecule has 0 spiro atoms. The van der Waals surface area contributed by atoms with Gasteiger partial charge in [-0.2, -0.15) is 11.3 Å². The van der Waals surface area contributed by atoms with Gasteiger partial charge < -0.3 is 10.6 Å². The topological polar surface area (TPSA) is 41.6 Å². The van der Waals surface area contributed by atoms with Gasteiger partial charge in [0.25, 0.3) is 0 Å². The Morgan fingerprint density at radius 1 is 1.71 bits per heavy atom. The van der Waals surface area contributed by atoms with Gasteiger partial charge in [-0.1, -0.05) is 0 Å². The van der Waals surface area contributed by atoms with E-state index in [1.807, 2.05) is 7.05 Å². The van der Waals surface area contributed by atoms with E-state index in [-0.39, 0.29) is 0 Å². The van der Waals surface area contributed by atoms with Gasteiger partial charge in [0.05, 0.1) is 6.54 Å². The van der Waals surface area contributed by atoms with Crippen molar-refractivity contribution in [3.8, 4) is 0 Å². The first-order valence-corrected chi connectivity index (χ1v) is 5.75. The van der Waals surface area contributed by atoms with Crippen LogP contribution in [-0.4, -0.2) is 23.9 Å². The van der Waals surface area contributed by atoms with Gasteiger partial charge in [-0.15, -0.1) is 0 Å². The first-order chi connectivity index (χ1) is 6.77. The Bertz CT molecular complexity index is 314. The van der Waals surface area contributed by atoms with Crippen molar-refractivity contribution < 1.29 is 0 Å². The van der Waals surface area contributed by atoms with Crippen LogP contribution in [0.2, 0.25) is 0 Å². The smallest absolute Gasteiger partial charge is 0.191 e. The molecule has 3 nitrogen and oxygen atoms in total. The zero-order valence-corrected chi connectivity index (χ0v) is 9.13. The molecule has 0 radical (unpaired) electrons. The van der Waals surface area contributed by atoms with E-state index in [4.69, 9.17) is 5.73 Å². The maximum Gasteiger partial charge on any atom is 0.191 e. The average molecular weight is 209 g/mol. The molecule has 1 fully saturated rings. The Balaban J connectivity index is 1.90. The predicted octanol–water partition coefficient (Wildman–Crippen LogP) is 1.66. The van der Waals surface area contributed by atoms with Crippen molar-refractivity contribution in [3.05, 3.63) is 22.4 Å². The second-order valence-corrected chi connectivity index (χ2v) is 4.43. The van der Waals surface area contributed by atoms with E-state index in [0.29, 0.717) is 18.5 Å². The largest absolute Gasteiger partial charge is 0.370 e. The van der Waals surface area contributed by atoms with Gasteiger partial charge in [0.1, 0.15) is 0 Å². The molecule has 4 heteroatoms. The molecule has 0 amide bonds. The summed E-state index contributed by atoms with van der Waals surface area (Å²) in [4.78, 5) is 6.43. The van der Waals surface area contributed by atoms with Crippen molar-refractivity contribution in [2.75, 3.05) is 7.05 Å². The number of aliphatic imine (C=N–C) groups is 1. The highest BCUT2D eigenvalue weighted by Gasteiger charge is 2.27. The van der Waals surface area contributed by atoms with Gasteiger partial charge in [0.15, 0.2) is 5.96 Å². The average Bonchev–Trinajstić information content (AvgIpc) is 2.91. The van der Waals surface area contributed by atoms with Gasteiger partial charge in [-0.05, 0) is 35.2 Å². The molecule has 0 bridgehead atoms. The van der Waals surface area contributed by atoms with E-state index in [0.717, 1.165) is 0 Å². The molecule has 0 aliphatic heterocycles. The molecule has 2 rings (SSSR count). The van der Waals surface area contributed by atoms with E-state index in [9.17, 15) is 0 Å². The van der Waals surface area contributed by atoms with E-state index in [1.54, 1.807) is 11.3 Å². The maximum absolute atomic E-state index is 5.85. The first-order valence-electron chi connectivity index (χ1n) is 4.81. The quantitative estimate of drug-likeness (QED) is 0.607. The summed E-state index contributed by atoms with van der Waals surface area (Å²) in [6.07, 6.45) is 2.51. The van der Waals surface area contributed by atoms with Crippen LogP contribution >= 0.6 is 11.3 Å². The third kappa shape index (κ3) is 2.26. The summed E-state index contributed by atoms with van der Waals surface area (Å²) in [6, 6.07) is 2.72. The number of rotatable bonds is 3. The van der Waals surface area contributed by atoms with Crippen molar-refractivity contribution in [1.82, 2.24) is 4.90 Å². The molecule has 76 valence electrons. The minimum Gasteiger partial charge on any atom is -0.370 e. The lowest BCUT2D eigenvalue weighted by molar-refractivity contribution is 0.487. The van der Waals surface area contributed by atoms with E-state index >= 15 is 0 Å². The Morgan fingerprint density at radius 2 is 2.50 bits per heavy atom. The number of thiophene rings is 1. The molecule has 1 aromatic heterocycles. The molecule has 1 saturated carbocycles. The normalized spacial score (nSPS) is 17.1. The first kappa shape index (κ1) is 9.52. The van der Waals surface area contributed by atoms with Crippen LogP contribution in [0.4, 0.5) is 0 Å². The number of nitrogens with zero attached hydrogens (tertiary/aromatic N) is 2. The summed E-state index contributed by atoms with van der Waals surface area (Å²) in [5.74, 6) is 0.665. The van der Waals surface area contributed by atoms with Crippen molar-refractivity contribution in [1.29, 1.82) is 0 Å². The number of nitrogens with two attached hydrogens (primary N) is 1. The summed E-state index contributed by atoms with van der Waals surface area (Å²) in [6.45, 7) is 0.701. The Kier molecular flexibility index (Phi) is 2.72. The Hall–Kier alpha value is -1.03. The predicted molar refractivity (Wildman–Crippen MR) is 60.4 cm³/mol. The molecule has 0 aromatic carbocycles. The summed E-state index contributed by atoms with van der Waals surface area (Å²) in [5, 5.41) is 4.17. The van der Waals surface area contributed by atoms with Crippen LogP contribution < -0.4 is 5.73 Å². The maximum atomic E-state index is 5.85. The molecule has 0 atom stereocenters. The van der Waals surface area contributed by atoms with Gasteiger partial charge in [0.2, 0.25) is 0 Å². The van der Waals surface area contributed by atoms with Gasteiger partial charge in [0, 0.05) is 13.1 Å². The van der Waals surface area contributed by atoms with Crippen LogP contribution in [0.15, 0.2) is 21.8 Å². The molecule has 14 heavy (non-hydrogen) atoms. The SMILES string of the molecule is CN(C(N)=NCc1ccsc1)C1CC1. The second kappa shape index (κ2) is 4.00. The summed E-state index contributed by atoms with van der Waals surface area (Å²) in [5.41, 5.74) is 7.09. The lowest BCUT2D eigenvalue weighted by Gasteiger charge is -2.16. The number of hydrogen-bond donors (Lipinski definition) is 1. The standard InChI is InChI=1S/C10H15N3S/c1-13(9-2-3-9)10(11)12-6-8-4-5-14-7-8/h4-5,7,9H,2-3,6H2,1H3,(H2,11,12). The van der Waals surface area contributed by atoms with Gasteiger partial charge in [-0.3, -0.25) is 0 Å². The van der Waals surface area contributed by atoms with Crippen LogP contribution in [0.25, 0.3) is 0 Å². The lowest BCUT2D eigenvalue weighted by atomic mass is 10.3. The summed E-state index contributed by atoms with van der Waals surface area (Å²) >= 11 is 1.69. The van der Waals surface area contributed by atoms with Crippen LogP contribution in [0, 0.1) is 0 Å². The highest BCUT2D eigenvalue weighted by molar-refractivity contribution is 7.07. The van der Waals surface area contributed by atoms with E-state index < -0.39 is 0 Å². The molecular weight excluding hydrogens is 194 g/mol. The highest BCUT2D eigenvalue weighted by Crippen LogP contribution is 2.24. The fourth-order valence-corrected chi connectivity index (χ4v) is 1.98. The molecule has 2 N–H and O–H groups in total. The third-order valence-electron chi connectivity index (χ3n) is 2.46. The van der Waals surface area contributed by atoms with Crippen LogP contribution in [0.3, 0.4) is 0 Å². The van der Waals surface area contributed by atoms with E-state index in [1.165, 1.54) is 18.4 Å². The lowest BCUT2D eigenvalue weighted by Crippen LogP contribution is -2.35. The summed E-state index contributed by atoms with van der Waals surface area (Å²) < 4.78 is 0. The monoisotopic (exact) mass is 209 g/mol. The van der Waals surface area contributed by atoms with Gasteiger partial charge in [-0.25, -0.2) is 4.99 Å². The summed E-state index contributed by atoms with van der Waals surface area (Å²) in [7, 11) is 2.02. The minimum absolute atomic E-state index is 0.640. The Labute approximate surface area is 88.3 Å². The highest BCUT2D eigenvalue weighted by atomic mass is 32.1. The Morgan fingerprint density at radius 3 is 3.07 bits per heavy atom. The van der Waals surface area contributed by atoms with Crippen molar-refractivity contribution >= 4 is 17.3 Å².